The number of rotatable bonds is 6. The molecule has 33 heavy (non-hydrogen) atoms. The largest absolute Gasteiger partial charge is 0.497 e. The van der Waals surface area contributed by atoms with E-state index in [1.54, 1.807) is 31.4 Å². The number of carbonyl (C=O) groups excluding carboxylic acids is 3. The van der Waals surface area contributed by atoms with Crippen LogP contribution >= 0.6 is 11.6 Å². The highest BCUT2D eigenvalue weighted by molar-refractivity contribution is 6.31. The number of aromatic carboxylic acids is 1. The average molecular weight is 465 g/mol. The van der Waals surface area contributed by atoms with E-state index in [-0.39, 0.29) is 39.5 Å². The summed E-state index contributed by atoms with van der Waals surface area (Å²) in [6.45, 7) is 0.0718. The van der Waals surface area contributed by atoms with Gasteiger partial charge in [0.05, 0.1) is 36.0 Å². The molecule has 3 aromatic carbocycles. The SMILES string of the molecule is COc1ccc(CN2C(=O)c3ccc(C(=O)Nc4cc(Cl)ccc4C(=O)O)cc3C2=O)cc1. The Bertz CT molecular complexity index is 1300. The number of fused-ring (bicyclic) bond motifs is 1. The first kappa shape index (κ1) is 22.0. The zero-order chi connectivity index (χ0) is 23.7. The van der Waals surface area contributed by atoms with Crippen molar-refractivity contribution in [1.29, 1.82) is 0 Å². The summed E-state index contributed by atoms with van der Waals surface area (Å²) >= 11 is 5.92. The summed E-state index contributed by atoms with van der Waals surface area (Å²) < 4.78 is 5.11. The lowest BCUT2D eigenvalue weighted by Crippen LogP contribution is -2.29. The minimum atomic E-state index is -1.23. The van der Waals surface area contributed by atoms with E-state index in [0.29, 0.717) is 5.75 Å². The maximum absolute atomic E-state index is 12.9. The van der Waals surface area contributed by atoms with E-state index in [4.69, 9.17) is 16.3 Å². The van der Waals surface area contributed by atoms with Crippen molar-refractivity contribution in [1.82, 2.24) is 4.90 Å². The van der Waals surface area contributed by atoms with E-state index in [1.165, 1.54) is 36.4 Å². The van der Waals surface area contributed by atoms with Crippen molar-refractivity contribution in [3.8, 4) is 5.75 Å². The van der Waals surface area contributed by atoms with E-state index in [0.717, 1.165) is 10.5 Å². The van der Waals surface area contributed by atoms with Crippen molar-refractivity contribution in [3.63, 3.8) is 0 Å². The van der Waals surface area contributed by atoms with Crippen LogP contribution in [0.5, 0.6) is 5.75 Å². The Morgan fingerprint density at radius 1 is 0.970 bits per heavy atom. The quantitative estimate of drug-likeness (QED) is 0.531. The van der Waals surface area contributed by atoms with E-state index in [2.05, 4.69) is 5.32 Å². The van der Waals surface area contributed by atoms with Gasteiger partial charge < -0.3 is 15.2 Å². The smallest absolute Gasteiger partial charge is 0.337 e. The molecule has 8 nitrogen and oxygen atoms in total. The van der Waals surface area contributed by atoms with Crippen molar-refractivity contribution < 1.29 is 29.0 Å². The van der Waals surface area contributed by atoms with Crippen molar-refractivity contribution in [2.75, 3.05) is 12.4 Å². The molecular formula is C24H17ClN2O6. The Morgan fingerprint density at radius 2 is 1.67 bits per heavy atom. The van der Waals surface area contributed by atoms with Gasteiger partial charge in [-0.05, 0) is 54.1 Å². The Morgan fingerprint density at radius 3 is 2.33 bits per heavy atom. The molecule has 1 aliphatic heterocycles. The third-order valence-electron chi connectivity index (χ3n) is 5.19. The number of amides is 3. The molecule has 3 aromatic rings. The number of carboxylic acids is 1. The van der Waals surface area contributed by atoms with E-state index >= 15 is 0 Å². The molecule has 0 radical (unpaired) electrons. The van der Waals surface area contributed by atoms with E-state index in [1.807, 2.05) is 0 Å². The first-order chi connectivity index (χ1) is 15.8. The van der Waals surface area contributed by atoms with Crippen LogP contribution in [-0.2, 0) is 6.54 Å². The number of methoxy groups -OCH3 is 1. The molecule has 166 valence electrons. The molecule has 1 heterocycles. The van der Waals surface area contributed by atoms with Gasteiger partial charge in [0.2, 0.25) is 0 Å². The highest BCUT2D eigenvalue weighted by atomic mass is 35.5. The lowest BCUT2D eigenvalue weighted by atomic mass is 10.0. The lowest BCUT2D eigenvalue weighted by molar-refractivity contribution is 0.0639. The summed E-state index contributed by atoms with van der Waals surface area (Å²) in [6, 6.07) is 15.1. The lowest BCUT2D eigenvalue weighted by Gasteiger charge is -2.14. The Labute approximate surface area is 193 Å². The van der Waals surface area contributed by atoms with Crippen LogP contribution in [0.2, 0.25) is 5.02 Å². The molecule has 9 heteroatoms. The second-order valence-corrected chi connectivity index (χ2v) is 7.69. The monoisotopic (exact) mass is 464 g/mol. The number of carbonyl (C=O) groups is 4. The molecule has 0 spiro atoms. The van der Waals surface area contributed by atoms with Gasteiger partial charge in [-0.2, -0.15) is 0 Å². The number of nitrogens with one attached hydrogen (secondary N) is 1. The molecule has 0 saturated heterocycles. The second kappa shape index (κ2) is 8.76. The summed E-state index contributed by atoms with van der Waals surface area (Å²) in [5.41, 5.74) is 1.02. The molecule has 0 atom stereocenters. The molecule has 2 N–H and O–H groups in total. The van der Waals surface area contributed by atoms with Gasteiger partial charge in [-0.15, -0.1) is 0 Å². The predicted molar refractivity (Wildman–Crippen MR) is 120 cm³/mol. The van der Waals surface area contributed by atoms with Crippen molar-refractivity contribution in [3.05, 3.63) is 93.5 Å². The van der Waals surface area contributed by atoms with Crippen LogP contribution in [-0.4, -0.2) is 40.8 Å². The fourth-order valence-electron chi connectivity index (χ4n) is 3.49. The highest BCUT2D eigenvalue weighted by Crippen LogP contribution is 2.27. The number of halogens is 1. The van der Waals surface area contributed by atoms with E-state index < -0.39 is 23.7 Å². The van der Waals surface area contributed by atoms with Gasteiger partial charge in [0, 0.05) is 10.6 Å². The van der Waals surface area contributed by atoms with Crippen LogP contribution in [0.1, 0.15) is 47.0 Å². The molecule has 4 rings (SSSR count). The first-order valence-corrected chi connectivity index (χ1v) is 10.1. The summed E-state index contributed by atoms with van der Waals surface area (Å²) in [7, 11) is 1.54. The van der Waals surface area contributed by atoms with Gasteiger partial charge in [-0.3, -0.25) is 19.3 Å². The van der Waals surface area contributed by atoms with Crippen LogP contribution < -0.4 is 10.1 Å². The molecule has 0 unspecified atom stereocenters. The maximum atomic E-state index is 12.9. The average Bonchev–Trinajstić information content (AvgIpc) is 3.03. The second-order valence-electron chi connectivity index (χ2n) is 7.25. The molecule has 1 aliphatic rings. The molecule has 0 bridgehead atoms. The van der Waals surface area contributed by atoms with E-state index in [9.17, 15) is 24.3 Å². The summed E-state index contributed by atoms with van der Waals surface area (Å²) in [6.07, 6.45) is 0. The molecule has 0 aliphatic carbocycles. The fraction of sp³-hybridized carbons (Fsp3) is 0.0833. The summed E-state index contributed by atoms with van der Waals surface area (Å²) in [5, 5.41) is 12.1. The van der Waals surface area contributed by atoms with Crippen LogP contribution in [0.4, 0.5) is 5.69 Å². The predicted octanol–water partition coefficient (Wildman–Crippen LogP) is 4.10. The highest BCUT2D eigenvalue weighted by Gasteiger charge is 2.36. The minimum absolute atomic E-state index is 0.0176. The molecular weight excluding hydrogens is 448 g/mol. The number of hydrogen-bond acceptors (Lipinski definition) is 5. The Kier molecular flexibility index (Phi) is 5.85. The number of imide groups is 1. The number of ether oxygens (including phenoxy) is 1. The Balaban J connectivity index is 1.57. The van der Waals surface area contributed by atoms with Crippen molar-refractivity contribution in [2.45, 2.75) is 6.54 Å². The van der Waals surface area contributed by atoms with Crippen LogP contribution in [0.25, 0.3) is 0 Å². The van der Waals surface area contributed by atoms with Crippen molar-refractivity contribution in [2.24, 2.45) is 0 Å². The van der Waals surface area contributed by atoms with Crippen molar-refractivity contribution >= 4 is 41.0 Å². The number of carboxylic acid groups (broad SMARTS) is 1. The van der Waals surface area contributed by atoms with Gasteiger partial charge >= 0.3 is 5.97 Å². The van der Waals surface area contributed by atoms with Gasteiger partial charge in [-0.1, -0.05) is 23.7 Å². The van der Waals surface area contributed by atoms with Crippen LogP contribution in [0, 0.1) is 0 Å². The van der Waals surface area contributed by atoms with Gasteiger partial charge in [0.25, 0.3) is 17.7 Å². The third kappa shape index (κ3) is 4.28. The van der Waals surface area contributed by atoms with Gasteiger partial charge in [-0.25, -0.2) is 4.79 Å². The summed E-state index contributed by atoms with van der Waals surface area (Å²) in [5.74, 6) is -2.19. The number of benzene rings is 3. The number of hydrogen-bond donors (Lipinski definition) is 2. The first-order valence-electron chi connectivity index (χ1n) is 9.76. The normalized spacial score (nSPS) is 12.5. The van der Waals surface area contributed by atoms with Crippen LogP contribution in [0.3, 0.4) is 0 Å². The topological polar surface area (TPSA) is 113 Å². The summed E-state index contributed by atoms with van der Waals surface area (Å²) in [4.78, 5) is 50.9. The number of anilines is 1. The fourth-order valence-corrected chi connectivity index (χ4v) is 3.66. The zero-order valence-electron chi connectivity index (χ0n) is 17.3. The van der Waals surface area contributed by atoms with Gasteiger partial charge in [0.1, 0.15) is 5.75 Å². The zero-order valence-corrected chi connectivity index (χ0v) is 18.1. The molecule has 0 saturated carbocycles. The standard InChI is InChI=1S/C24H17ClN2O6/c1-33-16-6-2-13(3-7-16)12-27-22(29)17-8-4-14(10-19(17)23(27)30)21(28)26-20-11-15(25)5-9-18(20)24(31)32/h2-11H,12H2,1H3,(H,26,28)(H,31,32). The maximum Gasteiger partial charge on any atom is 0.337 e. The molecule has 0 fully saturated rings. The molecule has 0 aromatic heterocycles. The minimum Gasteiger partial charge on any atom is -0.497 e. The number of nitrogens with zero attached hydrogens (tertiary/aromatic N) is 1. The third-order valence-corrected chi connectivity index (χ3v) is 5.43. The Hall–Kier alpha value is -4.17. The van der Waals surface area contributed by atoms with Gasteiger partial charge in [0.15, 0.2) is 0 Å². The molecule has 3 amide bonds. The van der Waals surface area contributed by atoms with Crippen LogP contribution in [0.15, 0.2) is 60.7 Å².